The first-order valence-electron chi connectivity index (χ1n) is 5.17. The Bertz CT molecular complexity index is 412. The Kier molecular flexibility index (Phi) is 1.70. The molecule has 1 unspecified atom stereocenters. The number of rotatable bonds is 0. The van der Waals surface area contributed by atoms with Crippen LogP contribution < -0.4 is 5.56 Å². The Labute approximate surface area is 81.9 Å². The number of piperidine rings is 1. The molecule has 4 heteroatoms. The van der Waals surface area contributed by atoms with Gasteiger partial charge in [-0.05, 0) is 24.9 Å². The van der Waals surface area contributed by atoms with Crippen LogP contribution in [0.4, 0.5) is 0 Å². The lowest BCUT2D eigenvalue weighted by Crippen LogP contribution is -2.27. The first-order valence-corrected chi connectivity index (χ1v) is 5.17. The van der Waals surface area contributed by atoms with Gasteiger partial charge in [0, 0.05) is 12.6 Å². The minimum absolute atomic E-state index is 0.0800. The minimum atomic E-state index is -0.0800. The summed E-state index contributed by atoms with van der Waals surface area (Å²) in [5, 5.41) is 6.70. The van der Waals surface area contributed by atoms with E-state index in [0.29, 0.717) is 6.04 Å². The normalized spacial score (nSPS) is 25.9. The SMILES string of the molecule is O=c1cc2c(n[nH]1)C1CCCCN1C2. The standard InChI is InChI=1S/C10H13N3O/c14-9-5-7-6-13-4-2-1-3-8(13)10(7)12-11-9/h5,8H,1-4,6H2,(H,11,14). The van der Waals surface area contributed by atoms with E-state index in [9.17, 15) is 4.79 Å². The molecule has 0 bridgehead atoms. The third kappa shape index (κ3) is 1.10. The molecule has 74 valence electrons. The number of aromatic amines is 1. The van der Waals surface area contributed by atoms with Gasteiger partial charge in [-0.15, -0.1) is 0 Å². The van der Waals surface area contributed by atoms with Crippen molar-refractivity contribution in [1.29, 1.82) is 0 Å². The van der Waals surface area contributed by atoms with Gasteiger partial charge in [0.05, 0.1) is 11.7 Å². The lowest BCUT2D eigenvalue weighted by atomic mass is 10.0. The van der Waals surface area contributed by atoms with E-state index in [0.717, 1.165) is 24.3 Å². The molecule has 1 fully saturated rings. The van der Waals surface area contributed by atoms with E-state index < -0.39 is 0 Å². The van der Waals surface area contributed by atoms with Crippen molar-refractivity contribution in [1.82, 2.24) is 15.1 Å². The Morgan fingerprint density at radius 1 is 1.50 bits per heavy atom. The number of aromatic nitrogens is 2. The van der Waals surface area contributed by atoms with Gasteiger partial charge in [-0.25, -0.2) is 5.10 Å². The molecule has 2 aliphatic heterocycles. The molecule has 4 nitrogen and oxygen atoms in total. The highest BCUT2D eigenvalue weighted by atomic mass is 16.1. The van der Waals surface area contributed by atoms with Crippen LogP contribution in [0.3, 0.4) is 0 Å². The first-order chi connectivity index (χ1) is 6.84. The summed E-state index contributed by atoms with van der Waals surface area (Å²) in [6.07, 6.45) is 3.74. The summed E-state index contributed by atoms with van der Waals surface area (Å²) in [7, 11) is 0. The molecule has 0 spiro atoms. The van der Waals surface area contributed by atoms with E-state index in [1.54, 1.807) is 6.07 Å². The molecule has 0 aromatic carbocycles. The average Bonchev–Trinajstić information content (AvgIpc) is 2.54. The molecule has 1 saturated heterocycles. The van der Waals surface area contributed by atoms with Gasteiger partial charge in [-0.1, -0.05) is 6.42 Å². The largest absolute Gasteiger partial charge is 0.290 e. The Morgan fingerprint density at radius 3 is 3.36 bits per heavy atom. The van der Waals surface area contributed by atoms with Gasteiger partial charge < -0.3 is 0 Å². The number of nitrogens with one attached hydrogen (secondary N) is 1. The zero-order valence-electron chi connectivity index (χ0n) is 7.99. The van der Waals surface area contributed by atoms with E-state index in [-0.39, 0.29) is 5.56 Å². The molecular weight excluding hydrogens is 178 g/mol. The highest BCUT2D eigenvalue weighted by Crippen LogP contribution is 2.37. The van der Waals surface area contributed by atoms with Gasteiger partial charge in [-0.2, -0.15) is 5.10 Å². The van der Waals surface area contributed by atoms with Crippen molar-refractivity contribution in [2.45, 2.75) is 31.8 Å². The van der Waals surface area contributed by atoms with Crippen LogP contribution in [0.2, 0.25) is 0 Å². The monoisotopic (exact) mass is 191 g/mol. The molecule has 1 aromatic heterocycles. The van der Waals surface area contributed by atoms with Crippen molar-refractivity contribution in [3.63, 3.8) is 0 Å². The molecule has 3 rings (SSSR count). The second-order valence-electron chi connectivity index (χ2n) is 4.12. The molecule has 1 atom stereocenters. The smallest absolute Gasteiger partial charge is 0.264 e. The van der Waals surface area contributed by atoms with Gasteiger partial charge in [0.25, 0.3) is 5.56 Å². The fourth-order valence-electron chi connectivity index (χ4n) is 2.58. The van der Waals surface area contributed by atoms with Gasteiger partial charge in [-0.3, -0.25) is 9.69 Å². The Hall–Kier alpha value is -1.16. The molecular formula is C10H13N3O. The quantitative estimate of drug-likeness (QED) is 0.660. The Balaban J connectivity index is 2.05. The van der Waals surface area contributed by atoms with Crippen LogP contribution in [0.15, 0.2) is 10.9 Å². The summed E-state index contributed by atoms with van der Waals surface area (Å²) in [5.41, 5.74) is 2.15. The number of H-pyrrole nitrogens is 1. The van der Waals surface area contributed by atoms with Crippen LogP contribution >= 0.6 is 0 Å². The molecule has 14 heavy (non-hydrogen) atoms. The molecule has 0 radical (unpaired) electrons. The Morgan fingerprint density at radius 2 is 2.43 bits per heavy atom. The van der Waals surface area contributed by atoms with E-state index in [2.05, 4.69) is 15.1 Å². The van der Waals surface area contributed by atoms with Crippen molar-refractivity contribution in [2.24, 2.45) is 0 Å². The number of hydrogen-bond acceptors (Lipinski definition) is 3. The summed E-state index contributed by atoms with van der Waals surface area (Å²) in [6.45, 7) is 2.06. The van der Waals surface area contributed by atoms with Crippen LogP contribution in [-0.4, -0.2) is 21.6 Å². The molecule has 1 aromatic rings. The minimum Gasteiger partial charge on any atom is -0.290 e. The summed E-state index contributed by atoms with van der Waals surface area (Å²) in [5.74, 6) is 0. The second-order valence-corrected chi connectivity index (χ2v) is 4.12. The van der Waals surface area contributed by atoms with Crippen LogP contribution in [-0.2, 0) is 6.54 Å². The van der Waals surface area contributed by atoms with Crippen molar-refractivity contribution in [3.05, 3.63) is 27.7 Å². The van der Waals surface area contributed by atoms with Gasteiger partial charge in [0.15, 0.2) is 0 Å². The number of hydrogen-bond donors (Lipinski definition) is 1. The fraction of sp³-hybridized carbons (Fsp3) is 0.600. The number of nitrogens with zero attached hydrogens (tertiary/aromatic N) is 2. The summed E-state index contributed by atoms with van der Waals surface area (Å²) in [6, 6.07) is 2.16. The van der Waals surface area contributed by atoms with E-state index in [1.165, 1.54) is 19.3 Å². The molecule has 0 saturated carbocycles. The maximum absolute atomic E-state index is 11.1. The van der Waals surface area contributed by atoms with E-state index in [1.807, 2.05) is 0 Å². The summed E-state index contributed by atoms with van der Waals surface area (Å²) >= 11 is 0. The molecule has 0 amide bonds. The zero-order chi connectivity index (χ0) is 9.54. The van der Waals surface area contributed by atoms with Crippen LogP contribution in [0.5, 0.6) is 0 Å². The average molecular weight is 191 g/mol. The van der Waals surface area contributed by atoms with Gasteiger partial charge in [0.1, 0.15) is 0 Å². The molecule has 0 aliphatic carbocycles. The lowest BCUT2D eigenvalue weighted by molar-refractivity contribution is 0.162. The van der Waals surface area contributed by atoms with Crippen molar-refractivity contribution >= 4 is 0 Å². The maximum atomic E-state index is 11.1. The zero-order valence-corrected chi connectivity index (χ0v) is 7.99. The predicted molar refractivity (Wildman–Crippen MR) is 51.9 cm³/mol. The lowest BCUT2D eigenvalue weighted by Gasteiger charge is -2.28. The van der Waals surface area contributed by atoms with Gasteiger partial charge >= 0.3 is 0 Å². The van der Waals surface area contributed by atoms with E-state index >= 15 is 0 Å². The molecule has 1 N–H and O–H groups in total. The second kappa shape index (κ2) is 2.92. The van der Waals surface area contributed by atoms with Crippen LogP contribution in [0.1, 0.15) is 36.6 Å². The maximum Gasteiger partial charge on any atom is 0.264 e. The van der Waals surface area contributed by atoms with Crippen molar-refractivity contribution in [2.75, 3.05) is 6.54 Å². The fourth-order valence-corrected chi connectivity index (χ4v) is 2.58. The van der Waals surface area contributed by atoms with Crippen molar-refractivity contribution in [3.8, 4) is 0 Å². The third-order valence-corrected chi connectivity index (χ3v) is 3.22. The van der Waals surface area contributed by atoms with Crippen LogP contribution in [0, 0.1) is 0 Å². The van der Waals surface area contributed by atoms with Crippen molar-refractivity contribution < 1.29 is 0 Å². The first kappa shape index (κ1) is 8.17. The van der Waals surface area contributed by atoms with Gasteiger partial charge in [0.2, 0.25) is 0 Å². The van der Waals surface area contributed by atoms with Crippen LogP contribution in [0.25, 0.3) is 0 Å². The highest BCUT2D eigenvalue weighted by molar-refractivity contribution is 5.26. The molecule has 2 aliphatic rings. The predicted octanol–water partition coefficient (Wildman–Crippen LogP) is 0.810. The van der Waals surface area contributed by atoms with E-state index in [4.69, 9.17) is 0 Å². The third-order valence-electron chi connectivity index (χ3n) is 3.22. The highest BCUT2D eigenvalue weighted by Gasteiger charge is 2.33. The summed E-state index contributed by atoms with van der Waals surface area (Å²) in [4.78, 5) is 13.5. The topological polar surface area (TPSA) is 49.0 Å². The summed E-state index contributed by atoms with van der Waals surface area (Å²) < 4.78 is 0. The molecule has 3 heterocycles. The number of fused-ring (bicyclic) bond motifs is 3.